The molecule has 0 radical (unpaired) electrons. The Balaban J connectivity index is 1.68. The van der Waals surface area contributed by atoms with Gasteiger partial charge in [0.15, 0.2) is 0 Å². The highest BCUT2D eigenvalue weighted by molar-refractivity contribution is 7.89. The summed E-state index contributed by atoms with van der Waals surface area (Å²) in [5, 5.41) is 0. The standard InChI is InChI=1S/C21H27N3O6S/c1-3-30-20(26)15-9-11-16(12-10-15)31(28,29)23(2)13-6-14-24-18-8-5-4-7-17(18)19(25)22-21(24)27/h9-12H,3-8,13-14H2,1-2H3,(H,22,25,27). The molecule has 0 unspecified atom stereocenters. The van der Waals surface area contributed by atoms with Crippen molar-refractivity contribution in [3.8, 4) is 0 Å². The summed E-state index contributed by atoms with van der Waals surface area (Å²) in [6.07, 6.45) is 3.59. The summed E-state index contributed by atoms with van der Waals surface area (Å²) in [6.45, 7) is 2.45. The lowest BCUT2D eigenvalue weighted by Crippen LogP contribution is -2.37. The quantitative estimate of drug-likeness (QED) is 0.607. The maximum Gasteiger partial charge on any atom is 0.338 e. The second kappa shape index (κ2) is 9.61. The average molecular weight is 450 g/mol. The minimum absolute atomic E-state index is 0.0710. The normalized spacial score (nSPS) is 13.8. The van der Waals surface area contributed by atoms with E-state index in [9.17, 15) is 22.8 Å². The number of sulfonamides is 1. The molecule has 0 atom stereocenters. The number of aromatic amines is 1. The van der Waals surface area contributed by atoms with Gasteiger partial charge < -0.3 is 4.74 Å². The van der Waals surface area contributed by atoms with Crippen LogP contribution in [0, 0.1) is 0 Å². The highest BCUT2D eigenvalue weighted by Gasteiger charge is 2.22. The molecule has 0 fully saturated rings. The smallest absolute Gasteiger partial charge is 0.338 e. The molecule has 10 heteroatoms. The molecule has 2 aromatic rings. The van der Waals surface area contributed by atoms with Crippen molar-refractivity contribution in [3.05, 3.63) is 61.9 Å². The predicted octanol–water partition coefficient (Wildman–Crippen LogP) is 1.30. The molecular weight excluding hydrogens is 422 g/mol. The van der Waals surface area contributed by atoms with Gasteiger partial charge in [0.05, 0.1) is 17.1 Å². The number of carbonyl (C=O) groups is 1. The fraction of sp³-hybridized carbons (Fsp3) is 0.476. The fourth-order valence-corrected chi connectivity index (χ4v) is 4.97. The van der Waals surface area contributed by atoms with Gasteiger partial charge in [0.1, 0.15) is 0 Å². The Kier molecular flexibility index (Phi) is 7.11. The molecule has 0 saturated carbocycles. The topological polar surface area (TPSA) is 119 Å². The summed E-state index contributed by atoms with van der Waals surface area (Å²) < 4.78 is 33.3. The summed E-state index contributed by atoms with van der Waals surface area (Å²) in [5.41, 5.74) is 0.937. The minimum atomic E-state index is -3.75. The third-order valence-electron chi connectivity index (χ3n) is 5.43. The Morgan fingerprint density at radius 1 is 1.16 bits per heavy atom. The maximum atomic E-state index is 12.8. The summed E-state index contributed by atoms with van der Waals surface area (Å²) in [7, 11) is -2.27. The van der Waals surface area contributed by atoms with E-state index in [2.05, 4.69) is 4.98 Å². The molecule has 168 valence electrons. The Hall–Kier alpha value is -2.72. The van der Waals surface area contributed by atoms with E-state index in [0.717, 1.165) is 18.5 Å². The molecule has 3 rings (SSSR count). The van der Waals surface area contributed by atoms with E-state index in [1.807, 2.05) is 0 Å². The van der Waals surface area contributed by atoms with Crippen LogP contribution >= 0.6 is 0 Å². The van der Waals surface area contributed by atoms with Crippen molar-refractivity contribution < 1.29 is 17.9 Å². The number of hydrogen-bond acceptors (Lipinski definition) is 6. The molecule has 0 aliphatic heterocycles. The van der Waals surface area contributed by atoms with Gasteiger partial charge in [0, 0.05) is 31.4 Å². The zero-order valence-electron chi connectivity index (χ0n) is 17.7. The molecule has 0 bridgehead atoms. The van der Waals surface area contributed by atoms with E-state index in [-0.39, 0.29) is 29.2 Å². The highest BCUT2D eigenvalue weighted by Crippen LogP contribution is 2.18. The third kappa shape index (κ3) is 4.96. The van der Waals surface area contributed by atoms with Crippen molar-refractivity contribution in [2.45, 2.75) is 50.5 Å². The number of H-pyrrole nitrogens is 1. The van der Waals surface area contributed by atoms with E-state index in [0.29, 0.717) is 31.4 Å². The van der Waals surface area contributed by atoms with Gasteiger partial charge in [-0.1, -0.05) is 0 Å². The molecule has 1 aliphatic carbocycles. The second-order valence-corrected chi connectivity index (χ2v) is 9.51. The number of fused-ring (bicyclic) bond motifs is 1. The lowest BCUT2D eigenvalue weighted by atomic mass is 9.97. The zero-order valence-corrected chi connectivity index (χ0v) is 18.5. The van der Waals surface area contributed by atoms with Crippen LogP contribution in [0.25, 0.3) is 0 Å². The maximum absolute atomic E-state index is 12.8. The molecule has 1 heterocycles. The van der Waals surface area contributed by atoms with Gasteiger partial charge in [0.2, 0.25) is 10.0 Å². The average Bonchev–Trinajstić information content (AvgIpc) is 2.76. The number of nitrogens with one attached hydrogen (secondary N) is 1. The molecule has 1 aromatic heterocycles. The van der Waals surface area contributed by atoms with Gasteiger partial charge in [-0.25, -0.2) is 22.3 Å². The molecule has 1 aliphatic rings. The number of carbonyl (C=O) groups excluding carboxylic acids is 1. The fourth-order valence-electron chi connectivity index (χ4n) is 3.76. The van der Waals surface area contributed by atoms with Crippen LogP contribution in [0.5, 0.6) is 0 Å². The van der Waals surface area contributed by atoms with Crippen LogP contribution in [0.3, 0.4) is 0 Å². The summed E-state index contributed by atoms with van der Waals surface area (Å²) in [4.78, 5) is 38.5. The Morgan fingerprint density at radius 2 is 1.84 bits per heavy atom. The lowest BCUT2D eigenvalue weighted by Gasteiger charge is -2.21. The van der Waals surface area contributed by atoms with Crippen LogP contribution in [0.2, 0.25) is 0 Å². The molecule has 0 saturated heterocycles. The first-order valence-corrected chi connectivity index (χ1v) is 11.8. The van der Waals surface area contributed by atoms with E-state index in [1.54, 1.807) is 11.5 Å². The van der Waals surface area contributed by atoms with Crippen molar-refractivity contribution in [1.82, 2.24) is 13.9 Å². The number of aromatic nitrogens is 2. The van der Waals surface area contributed by atoms with E-state index < -0.39 is 21.7 Å². The van der Waals surface area contributed by atoms with Crippen LogP contribution in [0.15, 0.2) is 38.8 Å². The number of rotatable bonds is 8. The number of ether oxygens (including phenoxy) is 1. The van der Waals surface area contributed by atoms with Crippen LogP contribution in [-0.4, -0.2) is 48.4 Å². The van der Waals surface area contributed by atoms with Crippen molar-refractivity contribution >= 4 is 16.0 Å². The Labute approximate surface area is 180 Å². The summed E-state index contributed by atoms with van der Waals surface area (Å²) in [5.74, 6) is -0.505. The first-order chi connectivity index (χ1) is 14.8. The van der Waals surface area contributed by atoms with Gasteiger partial charge in [-0.2, -0.15) is 0 Å². The van der Waals surface area contributed by atoms with Crippen LogP contribution in [0.4, 0.5) is 0 Å². The first kappa shape index (κ1) is 23.0. The number of hydrogen-bond donors (Lipinski definition) is 1. The summed E-state index contributed by atoms with van der Waals surface area (Å²) in [6, 6.07) is 5.59. The first-order valence-electron chi connectivity index (χ1n) is 10.3. The number of benzene rings is 1. The molecule has 0 spiro atoms. The Bertz CT molecular complexity index is 1170. The van der Waals surface area contributed by atoms with Crippen LogP contribution < -0.4 is 11.2 Å². The molecule has 1 aromatic carbocycles. The minimum Gasteiger partial charge on any atom is -0.462 e. The van der Waals surface area contributed by atoms with Gasteiger partial charge in [-0.15, -0.1) is 0 Å². The van der Waals surface area contributed by atoms with Crippen LogP contribution in [-0.2, 0) is 34.1 Å². The Morgan fingerprint density at radius 3 is 2.52 bits per heavy atom. The molecular formula is C21H27N3O6S. The third-order valence-corrected chi connectivity index (χ3v) is 7.30. The van der Waals surface area contributed by atoms with Crippen LogP contribution in [0.1, 0.15) is 47.8 Å². The van der Waals surface area contributed by atoms with Crippen molar-refractivity contribution in [3.63, 3.8) is 0 Å². The predicted molar refractivity (Wildman–Crippen MR) is 115 cm³/mol. The molecule has 9 nitrogen and oxygen atoms in total. The van der Waals surface area contributed by atoms with E-state index >= 15 is 0 Å². The van der Waals surface area contributed by atoms with Gasteiger partial charge in [-0.05, 0) is 63.3 Å². The SMILES string of the molecule is CCOC(=O)c1ccc(S(=O)(=O)N(C)CCCn2c3c(c(=O)[nH]c2=O)CCCC3)cc1. The zero-order chi connectivity index (χ0) is 22.6. The lowest BCUT2D eigenvalue weighted by molar-refractivity contribution is 0.0526. The van der Waals surface area contributed by atoms with E-state index in [4.69, 9.17) is 4.74 Å². The second-order valence-electron chi connectivity index (χ2n) is 7.47. The van der Waals surface area contributed by atoms with Crippen molar-refractivity contribution in [2.24, 2.45) is 0 Å². The molecule has 31 heavy (non-hydrogen) atoms. The number of esters is 1. The largest absolute Gasteiger partial charge is 0.462 e. The summed E-state index contributed by atoms with van der Waals surface area (Å²) >= 11 is 0. The van der Waals surface area contributed by atoms with Gasteiger partial charge >= 0.3 is 11.7 Å². The van der Waals surface area contributed by atoms with Crippen molar-refractivity contribution in [1.29, 1.82) is 0 Å². The van der Waals surface area contributed by atoms with Gasteiger partial charge in [0.25, 0.3) is 5.56 Å². The number of nitrogens with zero attached hydrogens (tertiary/aromatic N) is 2. The monoisotopic (exact) mass is 449 g/mol. The van der Waals surface area contributed by atoms with E-state index in [1.165, 1.54) is 35.6 Å². The molecule has 1 N–H and O–H groups in total. The highest BCUT2D eigenvalue weighted by atomic mass is 32.2. The van der Waals surface area contributed by atoms with Gasteiger partial charge in [-0.3, -0.25) is 14.3 Å². The molecule has 0 amide bonds. The van der Waals surface area contributed by atoms with Crippen molar-refractivity contribution in [2.75, 3.05) is 20.2 Å².